The van der Waals surface area contributed by atoms with Crippen molar-refractivity contribution in [3.05, 3.63) is 58.8 Å². The second-order valence-corrected chi connectivity index (χ2v) is 3.82. The number of hydrogen-bond donors (Lipinski definition) is 1. The Hall–Kier alpha value is -1.81. The topological polar surface area (TPSA) is 42.2 Å². The molecular formula is C12H9ClFNO2. The molecule has 0 aliphatic carbocycles. The van der Waals surface area contributed by atoms with Gasteiger partial charge in [0.1, 0.15) is 11.6 Å². The van der Waals surface area contributed by atoms with Crippen LogP contribution in [-0.4, -0.2) is 5.91 Å². The highest BCUT2D eigenvalue weighted by Gasteiger charge is 2.12. The van der Waals surface area contributed by atoms with Gasteiger partial charge in [0.05, 0.1) is 18.4 Å². The standard InChI is InChI=1S/C12H9ClFNO2/c13-8-3-4-11(14)10(6-8)12(16)15-7-9-2-1-5-17-9/h1-6H,7H2,(H,15,16). The number of benzene rings is 1. The molecule has 1 N–H and O–H groups in total. The molecule has 2 aromatic rings. The number of rotatable bonds is 3. The lowest BCUT2D eigenvalue weighted by Crippen LogP contribution is -2.23. The van der Waals surface area contributed by atoms with Crippen molar-refractivity contribution >= 4 is 17.5 Å². The first-order chi connectivity index (χ1) is 8.16. The molecule has 2 rings (SSSR count). The summed E-state index contributed by atoms with van der Waals surface area (Å²) < 4.78 is 18.4. The van der Waals surface area contributed by atoms with Crippen molar-refractivity contribution in [2.24, 2.45) is 0 Å². The Morgan fingerprint density at radius 1 is 1.41 bits per heavy atom. The lowest BCUT2D eigenvalue weighted by molar-refractivity contribution is 0.0944. The van der Waals surface area contributed by atoms with E-state index in [9.17, 15) is 9.18 Å². The van der Waals surface area contributed by atoms with E-state index in [1.54, 1.807) is 12.1 Å². The molecule has 0 saturated heterocycles. The van der Waals surface area contributed by atoms with E-state index in [0.29, 0.717) is 10.8 Å². The second-order valence-electron chi connectivity index (χ2n) is 3.39. The predicted octanol–water partition coefficient (Wildman–Crippen LogP) is 3.00. The van der Waals surface area contributed by atoms with Crippen molar-refractivity contribution in [3.8, 4) is 0 Å². The summed E-state index contributed by atoms with van der Waals surface area (Å²) in [7, 11) is 0. The van der Waals surface area contributed by atoms with E-state index in [2.05, 4.69) is 5.32 Å². The second kappa shape index (κ2) is 5.01. The zero-order valence-corrected chi connectivity index (χ0v) is 9.50. The van der Waals surface area contributed by atoms with Gasteiger partial charge in [-0.2, -0.15) is 0 Å². The minimum atomic E-state index is -0.605. The first kappa shape index (κ1) is 11.7. The third-order valence-corrected chi connectivity index (χ3v) is 2.41. The van der Waals surface area contributed by atoms with E-state index in [1.165, 1.54) is 18.4 Å². The Balaban J connectivity index is 2.07. The van der Waals surface area contributed by atoms with Gasteiger partial charge in [-0.15, -0.1) is 0 Å². The van der Waals surface area contributed by atoms with Gasteiger partial charge in [0.25, 0.3) is 5.91 Å². The molecule has 0 spiro atoms. The highest BCUT2D eigenvalue weighted by Crippen LogP contribution is 2.14. The maximum atomic E-state index is 13.3. The summed E-state index contributed by atoms with van der Waals surface area (Å²) in [5.74, 6) is -0.534. The van der Waals surface area contributed by atoms with Crippen LogP contribution in [0.5, 0.6) is 0 Å². The van der Waals surface area contributed by atoms with Gasteiger partial charge in [0, 0.05) is 5.02 Å². The monoisotopic (exact) mass is 253 g/mol. The van der Waals surface area contributed by atoms with Gasteiger partial charge in [0.2, 0.25) is 0 Å². The van der Waals surface area contributed by atoms with E-state index in [1.807, 2.05) is 0 Å². The lowest BCUT2D eigenvalue weighted by atomic mass is 10.2. The van der Waals surface area contributed by atoms with Crippen LogP contribution in [0, 0.1) is 5.82 Å². The summed E-state index contributed by atoms with van der Waals surface area (Å²) in [4.78, 5) is 11.7. The largest absolute Gasteiger partial charge is 0.467 e. The number of halogens is 2. The summed E-state index contributed by atoms with van der Waals surface area (Å²) in [6, 6.07) is 7.26. The average molecular weight is 254 g/mol. The quantitative estimate of drug-likeness (QED) is 0.914. The molecular weight excluding hydrogens is 245 g/mol. The molecule has 0 saturated carbocycles. The number of hydrogen-bond acceptors (Lipinski definition) is 2. The SMILES string of the molecule is O=C(NCc1ccco1)c1cc(Cl)ccc1F. The molecule has 3 nitrogen and oxygen atoms in total. The molecule has 0 radical (unpaired) electrons. The van der Waals surface area contributed by atoms with E-state index in [-0.39, 0.29) is 12.1 Å². The van der Waals surface area contributed by atoms with Gasteiger partial charge in [-0.25, -0.2) is 4.39 Å². The fraction of sp³-hybridized carbons (Fsp3) is 0.0833. The summed E-state index contributed by atoms with van der Waals surface area (Å²) >= 11 is 5.70. The highest BCUT2D eigenvalue weighted by atomic mass is 35.5. The highest BCUT2D eigenvalue weighted by molar-refractivity contribution is 6.30. The van der Waals surface area contributed by atoms with Gasteiger partial charge in [-0.05, 0) is 30.3 Å². The van der Waals surface area contributed by atoms with Gasteiger partial charge in [0.15, 0.2) is 0 Å². The smallest absolute Gasteiger partial charge is 0.254 e. The maximum absolute atomic E-state index is 13.3. The van der Waals surface area contributed by atoms with Crippen LogP contribution in [0.1, 0.15) is 16.1 Å². The molecule has 1 aromatic carbocycles. The van der Waals surface area contributed by atoms with Crippen LogP contribution in [0.15, 0.2) is 41.0 Å². The molecule has 5 heteroatoms. The lowest BCUT2D eigenvalue weighted by Gasteiger charge is -2.04. The average Bonchev–Trinajstić information content (AvgIpc) is 2.82. The Labute approximate surface area is 102 Å². The van der Waals surface area contributed by atoms with Crippen molar-refractivity contribution in [2.45, 2.75) is 6.54 Å². The van der Waals surface area contributed by atoms with Crippen LogP contribution in [0.4, 0.5) is 4.39 Å². The Morgan fingerprint density at radius 3 is 2.94 bits per heavy atom. The molecule has 0 bridgehead atoms. The normalized spacial score (nSPS) is 10.2. The summed E-state index contributed by atoms with van der Waals surface area (Å²) in [5.41, 5.74) is -0.0796. The molecule has 88 valence electrons. The maximum Gasteiger partial charge on any atom is 0.254 e. The van der Waals surface area contributed by atoms with Gasteiger partial charge in [-0.1, -0.05) is 11.6 Å². The molecule has 1 amide bonds. The van der Waals surface area contributed by atoms with Crippen molar-refractivity contribution in [2.75, 3.05) is 0 Å². The Kier molecular flexibility index (Phi) is 3.44. The number of amides is 1. The number of carbonyl (C=O) groups excluding carboxylic acids is 1. The summed E-state index contributed by atoms with van der Waals surface area (Å²) in [6.07, 6.45) is 1.50. The molecule has 0 unspecified atom stereocenters. The Bertz CT molecular complexity index is 525. The van der Waals surface area contributed by atoms with E-state index >= 15 is 0 Å². The molecule has 1 heterocycles. The fourth-order valence-electron chi connectivity index (χ4n) is 1.35. The van der Waals surface area contributed by atoms with Crippen LogP contribution in [0.3, 0.4) is 0 Å². The van der Waals surface area contributed by atoms with E-state index in [4.69, 9.17) is 16.0 Å². The predicted molar refractivity (Wildman–Crippen MR) is 61.3 cm³/mol. The minimum Gasteiger partial charge on any atom is -0.467 e. The van der Waals surface area contributed by atoms with Gasteiger partial charge < -0.3 is 9.73 Å². The van der Waals surface area contributed by atoms with Crippen molar-refractivity contribution < 1.29 is 13.6 Å². The van der Waals surface area contributed by atoms with Gasteiger partial charge in [-0.3, -0.25) is 4.79 Å². The molecule has 0 fully saturated rings. The van der Waals surface area contributed by atoms with Crippen LogP contribution < -0.4 is 5.32 Å². The first-order valence-corrected chi connectivity index (χ1v) is 5.30. The number of carbonyl (C=O) groups is 1. The molecule has 0 aliphatic rings. The third kappa shape index (κ3) is 2.85. The first-order valence-electron chi connectivity index (χ1n) is 4.92. The van der Waals surface area contributed by atoms with Crippen LogP contribution in [-0.2, 0) is 6.54 Å². The fourth-order valence-corrected chi connectivity index (χ4v) is 1.52. The Morgan fingerprint density at radius 2 is 2.24 bits per heavy atom. The summed E-state index contributed by atoms with van der Waals surface area (Å²) in [5, 5.41) is 2.85. The molecule has 1 aromatic heterocycles. The van der Waals surface area contributed by atoms with Crippen LogP contribution in [0.2, 0.25) is 5.02 Å². The molecule has 0 atom stereocenters. The van der Waals surface area contributed by atoms with Crippen LogP contribution >= 0.6 is 11.6 Å². The minimum absolute atomic E-state index is 0.0796. The van der Waals surface area contributed by atoms with E-state index in [0.717, 1.165) is 6.07 Å². The molecule has 17 heavy (non-hydrogen) atoms. The van der Waals surface area contributed by atoms with Crippen LogP contribution in [0.25, 0.3) is 0 Å². The van der Waals surface area contributed by atoms with E-state index < -0.39 is 11.7 Å². The van der Waals surface area contributed by atoms with Crippen molar-refractivity contribution in [3.63, 3.8) is 0 Å². The zero-order valence-electron chi connectivity index (χ0n) is 8.74. The summed E-state index contributed by atoms with van der Waals surface area (Å²) in [6.45, 7) is 0.206. The zero-order chi connectivity index (χ0) is 12.3. The van der Waals surface area contributed by atoms with Crippen molar-refractivity contribution in [1.29, 1.82) is 0 Å². The number of nitrogens with one attached hydrogen (secondary N) is 1. The molecule has 0 aliphatic heterocycles. The van der Waals surface area contributed by atoms with Gasteiger partial charge >= 0.3 is 0 Å². The number of furan rings is 1. The third-order valence-electron chi connectivity index (χ3n) is 2.18. The van der Waals surface area contributed by atoms with Crippen molar-refractivity contribution in [1.82, 2.24) is 5.32 Å².